The molecule has 0 aliphatic heterocycles. The van der Waals surface area contributed by atoms with Gasteiger partial charge in [-0.15, -0.1) is 0 Å². The average Bonchev–Trinajstić information content (AvgIpc) is 2.43. The van der Waals surface area contributed by atoms with Crippen molar-refractivity contribution < 1.29 is 0 Å². The fraction of sp³-hybridized carbons (Fsp3) is 0.0667. The maximum absolute atomic E-state index is 12.5. The minimum atomic E-state index is -0.435. The summed E-state index contributed by atoms with van der Waals surface area (Å²) in [4.78, 5) is 27.5. The van der Waals surface area contributed by atoms with Crippen LogP contribution in [-0.4, -0.2) is 9.55 Å². The van der Waals surface area contributed by atoms with Crippen LogP contribution in [0, 0.1) is 6.92 Å². The van der Waals surface area contributed by atoms with Crippen molar-refractivity contribution in [3.8, 4) is 5.69 Å². The summed E-state index contributed by atoms with van der Waals surface area (Å²) in [6.07, 6.45) is 0. The van der Waals surface area contributed by atoms with E-state index in [0.29, 0.717) is 16.6 Å². The highest BCUT2D eigenvalue weighted by Gasteiger charge is 2.11. The standard InChI is InChI=1S/C15H11BrN2O2/c1-9-11(16)6-4-8-13(9)18-14(19)10-5-2-3-7-12(10)17-15(18)20/h2-8H,1H3,(H,17,20). The summed E-state index contributed by atoms with van der Waals surface area (Å²) < 4.78 is 2.03. The average molecular weight is 331 g/mol. The van der Waals surface area contributed by atoms with E-state index in [-0.39, 0.29) is 5.56 Å². The van der Waals surface area contributed by atoms with Crippen LogP contribution < -0.4 is 11.2 Å². The highest BCUT2D eigenvalue weighted by atomic mass is 79.9. The van der Waals surface area contributed by atoms with Gasteiger partial charge in [-0.05, 0) is 36.8 Å². The Labute approximate surface area is 122 Å². The van der Waals surface area contributed by atoms with Crippen molar-refractivity contribution in [3.63, 3.8) is 0 Å². The van der Waals surface area contributed by atoms with Crippen molar-refractivity contribution in [2.24, 2.45) is 0 Å². The van der Waals surface area contributed by atoms with Gasteiger partial charge in [-0.1, -0.05) is 34.1 Å². The van der Waals surface area contributed by atoms with Crippen molar-refractivity contribution in [1.82, 2.24) is 9.55 Å². The molecule has 2 aromatic carbocycles. The van der Waals surface area contributed by atoms with E-state index in [4.69, 9.17) is 0 Å². The lowest BCUT2D eigenvalue weighted by Crippen LogP contribution is -2.34. The number of hydrogen-bond acceptors (Lipinski definition) is 2. The van der Waals surface area contributed by atoms with Crippen LogP contribution in [0.25, 0.3) is 16.6 Å². The molecule has 0 radical (unpaired) electrons. The van der Waals surface area contributed by atoms with Gasteiger partial charge >= 0.3 is 5.69 Å². The first-order valence-corrected chi connectivity index (χ1v) is 6.88. The van der Waals surface area contributed by atoms with E-state index in [0.717, 1.165) is 10.0 Å². The second-order valence-electron chi connectivity index (χ2n) is 4.50. The van der Waals surface area contributed by atoms with Crippen molar-refractivity contribution in [2.75, 3.05) is 0 Å². The molecular formula is C15H11BrN2O2. The molecule has 3 aromatic rings. The molecule has 5 heteroatoms. The van der Waals surface area contributed by atoms with E-state index in [1.54, 1.807) is 36.4 Å². The van der Waals surface area contributed by atoms with Crippen LogP contribution in [-0.2, 0) is 0 Å². The molecule has 0 bridgehead atoms. The molecule has 0 unspecified atom stereocenters. The monoisotopic (exact) mass is 330 g/mol. The Balaban J connectivity index is 2.46. The number of rotatable bonds is 1. The molecule has 0 aliphatic carbocycles. The summed E-state index contributed by atoms with van der Waals surface area (Å²) >= 11 is 3.41. The quantitative estimate of drug-likeness (QED) is 0.745. The van der Waals surface area contributed by atoms with Gasteiger partial charge in [0.15, 0.2) is 0 Å². The van der Waals surface area contributed by atoms with Gasteiger partial charge in [-0.3, -0.25) is 4.79 Å². The van der Waals surface area contributed by atoms with Crippen LogP contribution in [0.1, 0.15) is 5.56 Å². The topological polar surface area (TPSA) is 54.9 Å². The molecule has 100 valence electrons. The number of para-hydroxylation sites is 1. The Morgan fingerprint density at radius 2 is 1.80 bits per heavy atom. The molecule has 0 saturated carbocycles. The number of halogens is 1. The number of H-pyrrole nitrogens is 1. The largest absolute Gasteiger partial charge is 0.333 e. The van der Waals surface area contributed by atoms with Crippen molar-refractivity contribution >= 4 is 26.8 Å². The van der Waals surface area contributed by atoms with E-state index in [2.05, 4.69) is 20.9 Å². The smallest absolute Gasteiger partial charge is 0.306 e. The molecule has 0 saturated heterocycles. The Hall–Kier alpha value is -2.14. The maximum Gasteiger partial charge on any atom is 0.333 e. The van der Waals surface area contributed by atoms with Crippen LogP contribution in [0.15, 0.2) is 56.5 Å². The minimum absolute atomic E-state index is 0.314. The highest BCUT2D eigenvalue weighted by molar-refractivity contribution is 9.10. The maximum atomic E-state index is 12.5. The van der Waals surface area contributed by atoms with Crippen LogP contribution in [0.5, 0.6) is 0 Å². The second kappa shape index (κ2) is 4.76. The third-order valence-corrected chi connectivity index (χ3v) is 4.14. The Kier molecular flexibility index (Phi) is 3.06. The Bertz CT molecular complexity index is 925. The normalized spacial score (nSPS) is 10.9. The zero-order chi connectivity index (χ0) is 14.3. The lowest BCUT2D eigenvalue weighted by Gasteiger charge is -2.10. The first-order chi connectivity index (χ1) is 9.59. The van der Waals surface area contributed by atoms with Gasteiger partial charge in [0.1, 0.15) is 0 Å². The highest BCUT2D eigenvalue weighted by Crippen LogP contribution is 2.21. The van der Waals surface area contributed by atoms with E-state index >= 15 is 0 Å². The number of nitrogens with zero attached hydrogens (tertiary/aromatic N) is 1. The van der Waals surface area contributed by atoms with E-state index in [9.17, 15) is 9.59 Å². The predicted molar refractivity (Wildman–Crippen MR) is 82.6 cm³/mol. The molecule has 1 heterocycles. The molecule has 0 fully saturated rings. The first kappa shape index (κ1) is 12.9. The number of hydrogen-bond donors (Lipinski definition) is 1. The molecular weight excluding hydrogens is 320 g/mol. The molecule has 4 nitrogen and oxygen atoms in total. The van der Waals surface area contributed by atoms with Crippen LogP contribution in [0.4, 0.5) is 0 Å². The Morgan fingerprint density at radius 3 is 2.60 bits per heavy atom. The summed E-state index contributed by atoms with van der Waals surface area (Å²) in [7, 11) is 0. The van der Waals surface area contributed by atoms with Gasteiger partial charge in [-0.25, -0.2) is 9.36 Å². The van der Waals surface area contributed by atoms with Crippen LogP contribution in [0.2, 0.25) is 0 Å². The van der Waals surface area contributed by atoms with Crippen LogP contribution >= 0.6 is 15.9 Å². The molecule has 1 aromatic heterocycles. The predicted octanol–water partition coefficient (Wildman–Crippen LogP) is 2.75. The number of fused-ring (bicyclic) bond motifs is 1. The summed E-state index contributed by atoms with van der Waals surface area (Å²) in [5.74, 6) is 0. The zero-order valence-electron chi connectivity index (χ0n) is 10.7. The van der Waals surface area contributed by atoms with Gasteiger partial charge < -0.3 is 4.98 Å². The zero-order valence-corrected chi connectivity index (χ0v) is 12.3. The summed E-state index contributed by atoms with van der Waals surface area (Å²) in [6, 6.07) is 12.4. The number of aromatic nitrogens is 2. The van der Waals surface area contributed by atoms with Crippen molar-refractivity contribution in [2.45, 2.75) is 6.92 Å². The lowest BCUT2D eigenvalue weighted by atomic mass is 10.2. The van der Waals surface area contributed by atoms with Crippen LogP contribution in [0.3, 0.4) is 0 Å². The molecule has 0 spiro atoms. The molecule has 3 rings (SSSR count). The second-order valence-corrected chi connectivity index (χ2v) is 5.35. The van der Waals surface area contributed by atoms with E-state index in [1.807, 2.05) is 13.0 Å². The third-order valence-electron chi connectivity index (χ3n) is 3.29. The number of nitrogens with one attached hydrogen (secondary N) is 1. The van der Waals surface area contributed by atoms with Crippen molar-refractivity contribution in [1.29, 1.82) is 0 Å². The number of benzene rings is 2. The molecule has 1 N–H and O–H groups in total. The molecule has 0 amide bonds. The lowest BCUT2D eigenvalue weighted by molar-refractivity contribution is 0.892. The fourth-order valence-electron chi connectivity index (χ4n) is 2.22. The minimum Gasteiger partial charge on any atom is -0.306 e. The molecule has 0 atom stereocenters. The summed E-state index contributed by atoms with van der Waals surface area (Å²) in [5.41, 5.74) is 1.22. The first-order valence-electron chi connectivity index (χ1n) is 6.09. The fourth-order valence-corrected chi connectivity index (χ4v) is 2.58. The van der Waals surface area contributed by atoms with Gasteiger partial charge in [0, 0.05) is 4.47 Å². The van der Waals surface area contributed by atoms with Gasteiger partial charge in [0.05, 0.1) is 16.6 Å². The van der Waals surface area contributed by atoms with Gasteiger partial charge in [0.2, 0.25) is 0 Å². The SMILES string of the molecule is Cc1c(Br)cccc1-n1c(=O)[nH]c2ccccc2c1=O. The summed E-state index contributed by atoms with van der Waals surface area (Å²) in [5, 5.41) is 0.492. The van der Waals surface area contributed by atoms with Gasteiger partial charge in [0.25, 0.3) is 5.56 Å². The molecule has 0 aliphatic rings. The van der Waals surface area contributed by atoms with E-state index in [1.165, 1.54) is 4.57 Å². The number of aromatic amines is 1. The summed E-state index contributed by atoms with van der Waals surface area (Å²) in [6.45, 7) is 1.86. The third kappa shape index (κ3) is 1.91. The van der Waals surface area contributed by atoms with Crippen molar-refractivity contribution in [3.05, 3.63) is 73.3 Å². The van der Waals surface area contributed by atoms with E-state index < -0.39 is 5.69 Å². The van der Waals surface area contributed by atoms with Gasteiger partial charge in [-0.2, -0.15) is 0 Å². The molecule has 20 heavy (non-hydrogen) atoms. The Morgan fingerprint density at radius 1 is 1.05 bits per heavy atom.